The highest BCUT2D eigenvalue weighted by Gasteiger charge is 2.05. The number of alkyl halides is 1. The Morgan fingerprint density at radius 2 is 1.50 bits per heavy atom. The summed E-state index contributed by atoms with van der Waals surface area (Å²) in [6, 6.07) is 8.73. The highest BCUT2D eigenvalue weighted by Crippen LogP contribution is 2.20. The molecule has 0 aliphatic heterocycles. The molecule has 1 nitrogen and oxygen atoms in total. The van der Waals surface area contributed by atoms with Gasteiger partial charge in [-0.3, -0.25) is 0 Å². The molecule has 0 amide bonds. The predicted octanol–water partition coefficient (Wildman–Crippen LogP) is 5.95. The second-order valence-electron chi connectivity index (χ2n) is 5.53. The molecular formula is C18H30BrN. The van der Waals surface area contributed by atoms with Crippen molar-refractivity contribution in [2.24, 2.45) is 0 Å². The monoisotopic (exact) mass is 339 g/mol. The minimum atomic E-state index is 1.11. The van der Waals surface area contributed by atoms with E-state index in [2.05, 4.69) is 58.9 Å². The van der Waals surface area contributed by atoms with Crippen molar-refractivity contribution in [2.75, 3.05) is 23.3 Å². The smallest absolute Gasteiger partial charge is 0.0395 e. The molecule has 0 unspecified atom stereocenters. The van der Waals surface area contributed by atoms with Crippen LogP contribution in [0.4, 0.5) is 5.69 Å². The maximum absolute atomic E-state index is 3.49. The Balaban J connectivity index is 2.18. The van der Waals surface area contributed by atoms with Crippen LogP contribution in [-0.4, -0.2) is 18.4 Å². The number of rotatable bonds is 11. The van der Waals surface area contributed by atoms with E-state index in [9.17, 15) is 0 Å². The van der Waals surface area contributed by atoms with Crippen molar-refractivity contribution in [3.05, 3.63) is 29.8 Å². The summed E-state index contributed by atoms with van der Waals surface area (Å²) in [6.45, 7) is 6.77. The van der Waals surface area contributed by atoms with Gasteiger partial charge in [-0.2, -0.15) is 0 Å². The molecule has 0 aromatic heterocycles. The topological polar surface area (TPSA) is 3.24 Å². The third-order valence-corrected chi connectivity index (χ3v) is 4.46. The number of benzene rings is 1. The van der Waals surface area contributed by atoms with Crippen molar-refractivity contribution < 1.29 is 0 Å². The third-order valence-electron chi connectivity index (χ3n) is 3.90. The minimum Gasteiger partial charge on any atom is -0.372 e. The normalized spacial score (nSPS) is 10.8. The molecule has 1 aromatic rings. The number of hydrogen-bond donors (Lipinski definition) is 0. The fraction of sp³-hybridized carbons (Fsp3) is 0.667. The van der Waals surface area contributed by atoms with E-state index in [1.54, 1.807) is 0 Å². The summed E-state index contributed by atoms with van der Waals surface area (Å²) in [7, 11) is 0. The van der Waals surface area contributed by atoms with Crippen LogP contribution in [0.1, 0.15) is 57.4 Å². The number of hydrogen-bond acceptors (Lipinski definition) is 1. The molecule has 0 aliphatic rings. The van der Waals surface area contributed by atoms with Crippen molar-refractivity contribution in [2.45, 2.75) is 58.8 Å². The predicted molar refractivity (Wildman–Crippen MR) is 95.2 cm³/mol. The molecule has 0 radical (unpaired) electrons. The lowest BCUT2D eigenvalue weighted by Crippen LogP contribution is -2.24. The van der Waals surface area contributed by atoms with Gasteiger partial charge in [-0.25, -0.2) is 0 Å². The molecular weight excluding hydrogens is 310 g/mol. The fourth-order valence-corrected chi connectivity index (χ4v) is 3.04. The van der Waals surface area contributed by atoms with Crippen LogP contribution in [0, 0.1) is 6.92 Å². The maximum atomic E-state index is 3.49. The zero-order chi connectivity index (χ0) is 14.6. The summed E-state index contributed by atoms with van der Waals surface area (Å²) in [5.41, 5.74) is 2.80. The molecule has 1 aromatic carbocycles. The molecule has 0 N–H and O–H groups in total. The number of para-hydroxylation sites is 1. The third kappa shape index (κ3) is 6.78. The zero-order valence-corrected chi connectivity index (χ0v) is 14.8. The van der Waals surface area contributed by atoms with Gasteiger partial charge in [0, 0.05) is 24.1 Å². The van der Waals surface area contributed by atoms with Gasteiger partial charge in [-0.1, -0.05) is 66.2 Å². The highest BCUT2D eigenvalue weighted by atomic mass is 79.9. The van der Waals surface area contributed by atoms with Crippen LogP contribution >= 0.6 is 15.9 Å². The summed E-state index contributed by atoms with van der Waals surface area (Å²) in [5, 5.41) is 1.16. The van der Waals surface area contributed by atoms with Crippen molar-refractivity contribution in [1.29, 1.82) is 0 Å². The van der Waals surface area contributed by atoms with Crippen LogP contribution in [-0.2, 0) is 0 Å². The lowest BCUT2D eigenvalue weighted by atomic mass is 10.1. The first-order chi connectivity index (χ1) is 9.79. The van der Waals surface area contributed by atoms with E-state index in [4.69, 9.17) is 0 Å². The number of anilines is 1. The summed E-state index contributed by atoms with van der Waals surface area (Å²) < 4.78 is 0. The highest BCUT2D eigenvalue weighted by molar-refractivity contribution is 9.09. The van der Waals surface area contributed by atoms with E-state index in [-0.39, 0.29) is 0 Å². The van der Waals surface area contributed by atoms with Crippen LogP contribution in [0.25, 0.3) is 0 Å². The van der Waals surface area contributed by atoms with E-state index < -0.39 is 0 Å². The van der Waals surface area contributed by atoms with Gasteiger partial charge in [0.2, 0.25) is 0 Å². The summed E-state index contributed by atoms with van der Waals surface area (Å²) >= 11 is 3.49. The fourth-order valence-electron chi connectivity index (χ4n) is 2.65. The van der Waals surface area contributed by atoms with E-state index in [0.29, 0.717) is 0 Å². The Morgan fingerprint density at radius 1 is 0.900 bits per heavy atom. The van der Waals surface area contributed by atoms with Crippen LogP contribution in [0.2, 0.25) is 0 Å². The molecule has 0 aliphatic carbocycles. The Kier molecular flexibility index (Phi) is 9.82. The SMILES string of the molecule is CCN(CCCCCCCCCBr)c1ccccc1C. The average Bonchev–Trinajstić information content (AvgIpc) is 2.47. The molecule has 0 fully saturated rings. The molecule has 0 saturated carbocycles. The molecule has 114 valence electrons. The first-order valence-electron chi connectivity index (χ1n) is 8.16. The van der Waals surface area contributed by atoms with Gasteiger partial charge in [0.25, 0.3) is 0 Å². The van der Waals surface area contributed by atoms with Gasteiger partial charge in [-0.15, -0.1) is 0 Å². The van der Waals surface area contributed by atoms with E-state index in [1.165, 1.54) is 62.7 Å². The minimum absolute atomic E-state index is 1.11. The summed E-state index contributed by atoms with van der Waals surface area (Å²) in [5.74, 6) is 0. The first-order valence-corrected chi connectivity index (χ1v) is 9.28. The molecule has 0 atom stereocenters. The summed E-state index contributed by atoms with van der Waals surface area (Å²) in [6.07, 6.45) is 9.61. The Morgan fingerprint density at radius 3 is 2.10 bits per heavy atom. The Hall–Kier alpha value is -0.500. The van der Waals surface area contributed by atoms with Crippen LogP contribution in [0.15, 0.2) is 24.3 Å². The van der Waals surface area contributed by atoms with Crippen LogP contribution < -0.4 is 4.90 Å². The van der Waals surface area contributed by atoms with Crippen molar-refractivity contribution >= 4 is 21.6 Å². The van der Waals surface area contributed by atoms with Gasteiger partial charge in [-0.05, 0) is 38.3 Å². The summed E-state index contributed by atoms with van der Waals surface area (Å²) in [4.78, 5) is 2.51. The molecule has 0 bridgehead atoms. The lowest BCUT2D eigenvalue weighted by molar-refractivity contribution is 0.586. The van der Waals surface area contributed by atoms with Gasteiger partial charge in [0.05, 0.1) is 0 Å². The average molecular weight is 340 g/mol. The Labute approximate surface area is 133 Å². The number of halogens is 1. The van der Waals surface area contributed by atoms with Crippen molar-refractivity contribution in [3.63, 3.8) is 0 Å². The number of unbranched alkanes of at least 4 members (excludes halogenated alkanes) is 6. The molecule has 0 heterocycles. The first kappa shape index (κ1) is 17.6. The van der Waals surface area contributed by atoms with E-state index in [1.807, 2.05) is 0 Å². The molecule has 1 rings (SSSR count). The second-order valence-corrected chi connectivity index (χ2v) is 6.32. The van der Waals surface area contributed by atoms with Gasteiger partial charge < -0.3 is 4.90 Å². The number of nitrogens with zero attached hydrogens (tertiary/aromatic N) is 1. The number of aryl methyl sites for hydroxylation is 1. The largest absolute Gasteiger partial charge is 0.372 e. The maximum Gasteiger partial charge on any atom is 0.0395 e. The quantitative estimate of drug-likeness (QED) is 0.355. The molecule has 0 spiro atoms. The Bertz CT molecular complexity index is 351. The van der Waals surface area contributed by atoms with Gasteiger partial charge >= 0.3 is 0 Å². The standard InChI is InChI=1S/C18H30BrN/c1-3-20(18-14-10-9-13-17(18)2)16-12-8-6-4-5-7-11-15-19/h9-10,13-14H,3-8,11-12,15-16H2,1-2H3. The second kappa shape index (κ2) is 11.2. The van der Waals surface area contributed by atoms with Crippen molar-refractivity contribution in [3.8, 4) is 0 Å². The van der Waals surface area contributed by atoms with Gasteiger partial charge in [0.15, 0.2) is 0 Å². The molecule has 0 saturated heterocycles. The van der Waals surface area contributed by atoms with E-state index in [0.717, 1.165) is 11.9 Å². The van der Waals surface area contributed by atoms with Crippen LogP contribution in [0.5, 0.6) is 0 Å². The van der Waals surface area contributed by atoms with Gasteiger partial charge in [0.1, 0.15) is 0 Å². The molecule has 2 heteroatoms. The zero-order valence-electron chi connectivity index (χ0n) is 13.2. The van der Waals surface area contributed by atoms with E-state index >= 15 is 0 Å². The lowest BCUT2D eigenvalue weighted by Gasteiger charge is -2.25. The molecule has 20 heavy (non-hydrogen) atoms. The van der Waals surface area contributed by atoms with Crippen molar-refractivity contribution in [1.82, 2.24) is 0 Å². The van der Waals surface area contributed by atoms with Crippen LogP contribution in [0.3, 0.4) is 0 Å².